The lowest BCUT2D eigenvalue weighted by Gasteiger charge is -2.04. The zero-order valence-corrected chi connectivity index (χ0v) is 10.2. The van der Waals surface area contributed by atoms with Crippen molar-refractivity contribution >= 4 is 10.8 Å². The molecule has 0 atom stereocenters. The summed E-state index contributed by atoms with van der Waals surface area (Å²) < 4.78 is 0. The molecule has 0 aliphatic rings. The Morgan fingerprint density at radius 1 is 1.00 bits per heavy atom. The first-order valence-corrected chi connectivity index (χ1v) is 5.79. The molecule has 0 N–H and O–H groups in total. The van der Waals surface area contributed by atoms with Crippen molar-refractivity contribution in [2.75, 3.05) is 0 Å². The van der Waals surface area contributed by atoms with Crippen LogP contribution in [0.15, 0.2) is 36.4 Å². The Morgan fingerprint density at radius 2 is 1.73 bits per heavy atom. The van der Waals surface area contributed by atoms with Gasteiger partial charge in [0.1, 0.15) is 0 Å². The maximum absolute atomic E-state index is 2.27. The van der Waals surface area contributed by atoms with E-state index in [4.69, 9.17) is 0 Å². The Morgan fingerprint density at radius 3 is 2.40 bits per heavy atom. The van der Waals surface area contributed by atoms with E-state index in [0.717, 1.165) is 6.42 Å². The Bertz CT molecular complexity index is 427. The van der Waals surface area contributed by atoms with Crippen LogP contribution in [0.2, 0.25) is 0 Å². The molecule has 0 unspecified atom stereocenters. The fourth-order valence-corrected chi connectivity index (χ4v) is 1.76. The maximum atomic E-state index is 2.27. The van der Waals surface area contributed by atoms with Crippen LogP contribution in [0.25, 0.3) is 10.8 Å². The lowest BCUT2D eigenvalue weighted by molar-refractivity contribution is 1.16. The minimum Gasteiger partial charge on any atom is -0.0683 e. The van der Waals surface area contributed by atoms with Crippen molar-refractivity contribution in [1.29, 1.82) is 0 Å². The van der Waals surface area contributed by atoms with Crippen LogP contribution in [0.1, 0.15) is 31.9 Å². The Hall–Kier alpha value is -1.30. The van der Waals surface area contributed by atoms with E-state index in [1.54, 1.807) is 0 Å². The fourth-order valence-electron chi connectivity index (χ4n) is 1.76. The molecule has 0 saturated heterocycles. The molecule has 0 nitrogen and oxygen atoms in total. The lowest BCUT2D eigenvalue weighted by atomic mass is 10.0. The van der Waals surface area contributed by atoms with Crippen molar-refractivity contribution in [2.24, 2.45) is 0 Å². The Balaban J connectivity index is 0.000000531. The average molecular weight is 200 g/mol. The Kier molecular flexibility index (Phi) is 4.36. The second kappa shape index (κ2) is 5.55. The summed E-state index contributed by atoms with van der Waals surface area (Å²) in [7, 11) is 0. The largest absolute Gasteiger partial charge is 0.0683 e. The number of hydrogen-bond acceptors (Lipinski definition) is 0. The number of hydrogen-bond donors (Lipinski definition) is 0. The number of fused-ring (bicyclic) bond motifs is 1. The molecule has 0 aliphatic heterocycles. The van der Waals surface area contributed by atoms with Gasteiger partial charge in [-0.25, -0.2) is 0 Å². The molecule has 0 spiro atoms. The molecule has 0 saturated carbocycles. The average Bonchev–Trinajstić information content (AvgIpc) is 2.31. The van der Waals surface area contributed by atoms with Crippen LogP contribution in [0, 0.1) is 6.92 Å². The van der Waals surface area contributed by atoms with Gasteiger partial charge >= 0.3 is 0 Å². The van der Waals surface area contributed by atoms with Gasteiger partial charge in [-0.2, -0.15) is 0 Å². The number of benzene rings is 2. The van der Waals surface area contributed by atoms with Crippen molar-refractivity contribution in [3.8, 4) is 0 Å². The summed E-state index contributed by atoms with van der Waals surface area (Å²) in [5, 5.41) is 2.76. The van der Waals surface area contributed by atoms with Crippen molar-refractivity contribution in [2.45, 2.75) is 34.1 Å². The first-order chi connectivity index (χ1) is 7.31. The smallest absolute Gasteiger partial charge is 0.0149 e. The SMILES string of the molecule is CC.CCc1cccc2ccc(C)cc12. The van der Waals surface area contributed by atoms with Crippen molar-refractivity contribution in [3.05, 3.63) is 47.5 Å². The second-order valence-electron chi connectivity index (χ2n) is 3.50. The molecule has 0 fully saturated rings. The molecule has 0 aliphatic carbocycles. The zero-order chi connectivity index (χ0) is 11.3. The van der Waals surface area contributed by atoms with E-state index in [1.165, 1.54) is 21.9 Å². The molecule has 2 aromatic carbocycles. The standard InChI is InChI=1S/C13H14.C2H6/c1-3-11-5-4-6-12-8-7-10(2)9-13(11)12;1-2/h4-9H,3H2,1-2H3;1-2H3. The van der Waals surface area contributed by atoms with Crippen LogP contribution in [-0.4, -0.2) is 0 Å². The highest BCUT2D eigenvalue weighted by molar-refractivity contribution is 5.86. The van der Waals surface area contributed by atoms with Crippen LogP contribution in [0.5, 0.6) is 0 Å². The third-order valence-corrected chi connectivity index (χ3v) is 2.51. The highest BCUT2D eigenvalue weighted by atomic mass is 14.0. The quantitative estimate of drug-likeness (QED) is 0.624. The van der Waals surface area contributed by atoms with E-state index in [1.807, 2.05) is 13.8 Å². The van der Waals surface area contributed by atoms with Crippen LogP contribution in [0.4, 0.5) is 0 Å². The van der Waals surface area contributed by atoms with Gasteiger partial charge in [-0.3, -0.25) is 0 Å². The van der Waals surface area contributed by atoms with Gasteiger partial charge in [0, 0.05) is 0 Å². The van der Waals surface area contributed by atoms with Gasteiger partial charge in [0.2, 0.25) is 0 Å². The summed E-state index contributed by atoms with van der Waals surface area (Å²) in [4.78, 5) is 0. The van der Waals surface area contributed by atoms with E-state index in [2.05, 4.69) is 50.2 Å². The van der Waals surface area contributed by atoms with Crippen molar-refractivity contribution in [1.82, 2.24) is 0 Å². The third-order valence-electron chi connectivity index (χ3n) is 2.51. The van der Waals surface area contributed by atoms with E-state index >= 15 is 0 Å². The summed E-state index contributed by atoms with van der Waals surface area (Å²) in [6.45, 7) is 8.35. The normalized spacial score (nSPS) is 9.60. The van der Waals surface area contributed by atoms with Gasteiger partial charge in [-0.05, 0) is 29.7 Å². The molecular formula is C15H20. The highest BCUT2D eigenvalue weighted by Crippen LogP contribution is 2.20. The minimum atomic E-state index is 1.11. The third kappa shape index (κ3) is 2.59. The molecule has 0 heterocycles. The van der Waals surface area contributed by atoms with Gasteiger partial charge < -0.3 is 0 Å². The van der Waals surface area contributed by atoms with E-state index in [0.29, 0.717) is 0 Å². The first-order valence-electron chi connectivity index (χ1n) is 5.79. The maximum Gasteiger partial charge on any atom is -0.0149 e. The topological polar surface area (TPSA) is 0 Å². The van der Waals surface area contributed by atoms with E-state index < -0.39 is 0 Å². The number of rotatable bonds is 1. The summed E-state index contributed by atoms with van der Waals surface area (Å²) in [5.74, 6) is 0. The monoisotopic (exact) mass is 200 g/mol. The molecule has 0 heteroatoms. The zero-order valence-electron chi connectivity index (χ0n) is 10.2. The summed E-state index contributed by atoms with van der Waals surface area (Å²) in [5.41, 5.74) is 2.79. The van der Waals surface area contributed by atoms with Crippen LogP contribution in [0.3, 0.4) is 0 Å². The Labute approximate surface area is 92.9 Å². The van der Waals surface area contributed by atoms with Crippen molar-refractivity contribution in [3.63, 3.8) is 0 Å². The second-order valence-corrected chi connectivity index (χ2v) is 3.50. The lowest BCUT2D eigenvalue weighted by Crippen LogP contribution is -1.83. The molecule has 0 amide bonds. The molecule has 0 bridgehead atoms. The molecule has 0 aromatic heterocycles. The van der Waals surface area contributed by atoms with Gasteiger partial charge in [0.05, 0.1) is 0 Å². The molecule has 80 valence electrons. The molecule has 0 radical (unpaired) electrons. The summed E-state index contributed by atoms with van der Waals surface area (Å²) in [6, 6.07) is 13.2. The summed E-state index contributed by atoms with van der Waals surface area (Å²) >= 11 is 0. The minimum absolute atomic E-state index is 1.11. The van der Waals surface area contributed by atoms with Gasteiger partial charge in [0.15, 0.2) is 0 Å². The molecule has 2 aromatic rings. The highest BCUT2D eigenvalue weighted by Gasteiger charge is 1.97. The van der Waals surface area contributed by atoms with Gasteiger partial charge in [-0.15, -0.1) is 0 Å². The van der Waals surface area contributed by atoms with E-state index in [-0.39, 0.29) is 0 Å². The van der Waals surface area contributed by atoms with Crippen molar-refractivity contribution < 1.29 is 0 Å². The molecule has 15 heavy (non-hydrogen) atoms. The van der Waals surface area contributed by atoms with Crippen LogP contribution in [-0.2, 0) is 6.42 Å². The van der Waals surface area contributed by atoms with Crippen LogP contribution >= 0.6 is 0 Å². The predicted molar refractivity (Wildman–Crippen MR) is 69.4 cm³/mol. The summed E-state index contributed by atoms with van der Waals surface area (Å²) in [6.07, 6.45) is 1.11. The first kappa shape index (κ1) is 11.8. The van der Waals surface area contributed by atoms with Gasteiger partial charge in [-0.1, -0.05) is 62.7 Å². The molecular weight excluding hydrogens is 180 g/mol. The van der Waals surface area contributed by atoms with Crippen LogP contribution < -0.4 is 0 Å². The fraction of sp³-hybridized carbons (Fsp3) is 0.333. The molecule has 2 rings (SSSR count). The number of aryl methyl sites for hydroxylation is 2. The van der Waals surface area contributed by atoms with Gasteiger partial charge in [0.25, 0.3) is 0 Å². The van der Waals surface area contributed by atoms with E-state index in [9.17, 15) is 0 Å². The predicted octanol–water partition coefficient (Wildman–Crippen LogP) is 4.74.